The van der Waals surface area contributed by atoms with E-state index in [9.17, 15) is 9.18 Å². The summed E-state index contributed by atoms with van der Waals surface area (Å²) in [6, 6.07) is 10.2. The molecular formula is C22H21FN6O. The van der Waals surface area contributed by atoms with Gasteiger partial charge < -0.3 is 5.32 Å². The van der Waals surface area contributed by atoms with Gasteiger partial charge in [0, 0.05) is 36.5 Å². The van der Waals surface area contributed by atoms with Crippen LogP contribution in [0.2, 0.25) is 0 Å². The molecule has 1 aromatic carbocycles. The maximum Gasteiger partial charge on any atom is 0.257 e. The first-order chi connectivity index (χ1) is 14.5. The molecule has 1 aliphatic carbocycles. The summed E-state index contributed by atoms with van der Waals surface area (Å²) >= 11 is 0. The minimum absolute atomic E-state index is 0.253. The SMILES string of the molecule is Cc1nn(C)c2nc(C3CC3)cc(C(=O)Nc3ccn(Cc4ccccc4F)n3)c12. The Kier molecular flexibility index (Phi) is 4.34. The van der Waals surface area contributed by atoms with Gasteiger partial charge >= 0.3 is 0 Å². The zero-order valence-electron chi connectivity index (χ0n) is 16.8. The molecule has 1 aliphatic rings. The number of fused-ring (bicyclic) bond motifs is 1. The second-order valence-electron chi connectivity index (χ2n) is 7.72. The van der Waals surface area contributed by atoms with Crippen LogP contribution >= 0.6 is 0 Å². The maximum absolute atomic E-state index is 13.9. The van der Waals surface area contributed by atoms with Crippen LogP contribution in [0.15, 0.2) is 42.6 Å². The van der Waals surface area contributed by atoms with E-state index in [2.05, 4.69) is 15.5 Å². The van der Waals surface area contributed by atoms with Crippen molar-refractivity contribution in [3.63, 3.8) is 0 Å². The molecule has 152 valence electrons. The number of halogens is 1. The molecule has 4 aromatic rings. The first-order valence-electron chi connectivity index (χ1n) is 9.92. The fraction of sp³-hybridized carbons (Fsp3) is 0.273. The molecule has 0 spiro atoms. The van der Waals surface area contributed by atoms with E-state index in [1.807, 2.05) is 20.0 Å². The van der Waals surface area contributed by atoms with E-state index in [1.54, 1.807) is 39.8 Å². The molecule has 8 heteroatoms. The molecule has 0 aliphatic heterocycles. The van der Waals surface area contributed by atoms with Crippen molar-refractivity contribution >= 4 is 22.8 Å². The van der Waals surface area contributed by atoms with Gasteiger partial charge in [0.2, 0.25) is 0 Å². The summed E-state index contributed by atoms with van der Waals surface area (Å²) in [7, 11) is 1.84. The monoisotopic (exact) mass is 404 g/mol. The van der Waals surface area contributed by atoms with Crippen LogP contribution in [0.5, 0.6) is 0 Å². The van der Waals surface area contributed by atoms with E-state index >= 15 is 0 Å². The number of hydrogen-bond acceptors (Lipinski definition) is 4. The van der Waals surface area contributed by atoms with E-state index in [-0.39, 0.29) is 18.3 Å². The predicted octanol–water partition coefficient (Wildman–Crippen LogP) is 3.79. The summed E-state index contributed by atoms with van der Waals surface area (Å²) in [6.45, 7) is 2.16. The van der Waals surface area contributed by atoms with Crippen molar-refractivity contribution < 1.29 is 9.18 Å². The standard InChI is InChI=1S/C22H21FN6O/c1-13-20-16(11-18(14-7-8-14)24-21(20)28(2)26-13)22(30)25-19-9-10-29(27-19)12-15-5-3-4-6-17(15)23/h3-6,9-11,14H,7-8,12H2,1-2H3,(H,25,27,30). The fourth-order valence-electron chi connectivity index (χ4n) is 3.73. The van der Waals surface area contributed by atoms with Gasteiger partial charge in [0.25, 0.3) is 5.91 Å². The van der Waals surface area contributed by atoms with Crippen molar-refractivity contribution in [1.82, 2.24) is 24.5 Å². The van der Waals surface area contributed by atoms with Crippen LogP contribution in [0.3, 0.4) is 0 Å². The molecule has 1 N–H and O–H groups in total. The maximum atomic E-state index is 13.9. The summed E-state index contributed by atoms with van der Waals surface area (Å²) in [6.07, 6.45) is 3.91. The average Bonchev–Trinajstić information content (AvgIpc) is 3.43. The molecule has 0 radical (unpaired) electrons. The zero-order valence-corrected chi connectivity index (χ0v) is 16.8. The fourth-order valence-corrected chi connectivity index (χ4v) is 3.73. The van der Waals surface area contributed by atoms with E-state index in [1.165, 1.54) is 6.07 Å². The molecule has 0 bridgehead atoms. The second-order valence-corrected chi connectivity index (χ2v) is 7.72. The molecule has 1 fully saturated rings. The van der Waals surface area contributed by atoms with Crippen molar-refractivity contribution in [2.75, 3.05) is 5.32 Å². The summed E-state index contributed by atoms with van der Waals surface area (Å²) < 4.78 is 17.2. The van der Waals surface area contributed by atoms with Gasteiger partial charge in [-0.2, -0.15) is 10.2 Å². The number of nitrogens with one attached hydrogen (secondary N) is 1. The molecule has 5 rings (SSSR count). The summed E-state index contributed by atoms with van der Waals surface area (Å²) in [4.78, 5) is 17.9. The van der Waals surface area contributed by atoms with Crippen molar-refractivity contribution in [1.29, 1.82) is 0 Å². The van der Waals surface area contributed by atoms with Gasteiger partial charge in [0.1, 0.15) is 5.82 Å². The zero-order chi connectivity index (χ0) is 20.8. The van der Waals surface area contributed by atoms with E-state index in [4.69, 9.17) is 4.98 Å². The number of amides is 1. The number of benzene rings is 1. The van der Waals surface area contributed by atoms with E-state index in [0.717, 1.165) is 29.6 Å². The Bertz CT molecular complexity index is 1270. The number of carbonyl (C=O) groups is 1. The highest BCUT2D eigenvalue weighted by atomic mass is 19.1. The third-order valence-corrected chi connectivity index (χ3v) is 5.40. The van der Waals surface area contributed by atoms with Crippen molar-refractivity contribution in [3.8, 4) is 0 Å². The Morgan fingerprint density at radius 3 is 2.80 bits per heavy atom. The van der Waals surface area contributed by atoms with E-state index < -0.39 is 0 Å². The van der Waals surface area contributed by atoms with Crippen LogP contribution in [0, 0.1) is 12.7 Å². The Morgan fingerprint density at radius 1 is 1.23 bits per heavy atom. The van der Waals surface area contributed by atoms with E-state index in [0.29, 0.717) is 28.5 Å². The summed E-state index contributed by atoms with van der Waals surface area (Å²) in [5.74, 6) is 0.293. The van der Waals surface area contributed by atoms with Gasteiger partial charge in [-0.15, -0.1) is 0 Å². The minimum Gasteiger partial charge on any atom is -0.305 e. The second kappa shape index (κ2) is 7.05. The van der Waals surface area contributed by atoms with Gasteiger partial charge in [0.05, 0.1) is 23.2 Å². The number of pyridine rings is 1. The Morgan fingerprint density at radius 2 is 2.03 bits per heavy atom. The molecule has 0 unspecified atom stereocenters. The van der Waals surface area contributed by atoms with Crippen LogP contribution in [0.4, 0.5) is 10.2 Å². The normalized spacial score (nSPS) is 13.7. The number of nitrogens with zero attached hydrogens (tertiary/aromatic N) is 5. The molecule has 30 heavy (non-hydrogen) atoms. The molecule has 3 aromatic heterocycles. The molecular weight excluding hydrogens is 383 g/mol. The topological polar surface area (TPSA) is 77.6 Å². The van der Waals surface area contributed by atoms with Gasteiger partial charge in [0.15, 0.2) is 11.5 Å². The quantitative estimate of drug-likeness (QED) is 0.549. The number of rotatable bonds is 5. The summed E-state index contributed by atoms with van der Waals surface area (Å²) in [5.41, 5.74) is 3.50. The Hall–Kier alpha value is -3.55. The van der Waals surface area contributed by atoms with Crippen molar-refractivity contribution in [2.45, 2.75) is 32.2 Å². The number of aryl methyl sites for hydroxylation is 2. The van der Waals surface area contributed by atoms with Crippen LogP contribution in [0.25, 0.3) is 11.0 Å². The van der Waals surface area contributed by atoms with Crippen LogP contribution in [0.1, 0.15) is 46.1 Å². The van der Waals surface area contributed by atoms with Gasteiger partial charge in [-0.05, 0) is 31.9 Å². The first kappa shape index (κ1) is 18.5. The number of aromatic nitrogens is 5. The highest BCUT2D eigenvalue weighted by molar-refractivity contribution is 6.12. The van der Waals surface area contributed by atoms with Crippen LogP contribution in [-0.2, 0) is 13.6 Å². The third-order valence-electron chi connectivity index (χ3n) is 5.40. The molecule has 0 saturated heterocycles. The van der Waals surface area contributed by atoms with Gasteiger partial charge in [-0.25, -0.2) is 9.37 Å². The van der Waals surface area contributed by atoms with Gasteiger partial charge in [-0.1, -0.05) is 18.2 Å². The Labute approximate surface area is 172 Å². The molecule has 7 nitrogen and oxygen atoms in total. The average molecular weight is 404 g/mol. The molecule has 0 atom stereocenters. The summed E-state index contributed by atoms with van der Waals surface area (Å²) in [5, 5.41) is 12.4. The molecule has 1 amide bonds. The van der Waals surface area contributed by atoms with Crippen molar-refractivity contribution in [3.05, 3.63) is 70.9 Å². The number of carbonyl (C=O) groups excluding carboxylic acids is 1. The largest absolute Gasteiger partial charge is 0.305 e. The first-order valence-corrected chi connectivity index (χ1v) is 9.92. The highest BCUT2D eigenvalue weighted by Gasteiger charge is 2.28. The molecule has 3 heterocycles. The smallest absolute Gasteiger partial charge is 0.257 e. The lowest BCUT2D eigenvalue weighted by atomic mass is 10.1. The number of anilines is 1. The lowest BCUT2D eigenvalue weighted by molar-refractivity contribution is 0.102. The predicted molar refractivity (Wildman–Crippen MR) is 111 cm³/mol. The van der Waals surface area contributed by atoms with Crippen molar-refractivity contribution in [2.24, 2.45) is 7.05 Å². The number of hydrogen-bond donors (Lipinski definition) is 1. The lowest BCUT2D eigenvalue weighted by Gasteiger charge is -2.08. The van der Waals surface area contributed by atoms with Crippen LogP contribution < -0.4 is 5.32 Å². The minimum atomic E-state index is -0.280. The third kappa shape index (κ3) is 3.34. The lowest BCUT2D eigenvalue weighted by Crippen LogP contribution is -2.14. The van der Waals surface area contributed by atoms with Gasteiger partial charge in [-0.3, -0.25) is 14.2 Å². The Balaban J connectivity index is 1.43. The van der Waals surface area contributed by atoms with Crippen LogP contribution in [-0.4, -0.2) is 30.5 Å². The molecule has 1 saturated carbocycles. The highest BCUT2D eigenvalue weighted by Crippen LogP contribution is 2.40.